The third kappa shape index (κ3) is 3.79. The van der Waals surface area contributed by atoms with Crippen LogP contribution in [0.15, 0.2) is 24.3 Å². The zero-order chi connectivity index (χ0) is 13.7. The van der Waals surface area contributed by atoms with Crippen molar-refractivity contribution < 1.29 is 14.3 Å². The van der Waals surface area contributed by atoms with E-state index in [9.17, 15) is 9.59 Å². The largest absolute Gasteiger partial charge is 0.492 e. The van der Waals surface area contributed by atoms with Crippen LogP contribution in [0.3, 0.4) is 0 Å². The number of hydrogen-bond donors (Lipinski definition) is 2. The molecule has 0 aliphatic carbocycles. The van der Waals surface area contributed by atoms with Crippen molar-refractivity contribution in [2.24, 2.45) is 5.92 Å². The van der Waals surface area contributed by atoms with Crippen molar-refractivity contribution in [3.8, 4) is 5.75 Å². The van der Waals surface area contributed by atoms with Crippen LogP contribution >= 0.6 is 0 Å². The summed E-state index contributed by atoms with van der Waals surface area (Å²) >= 11 is 0. The summed E-state index contributed by atoms with van der Waals surface area (Å²) in [6.07, 6.45) is 0.883. The molecule has 0 radical (unpaired) electrons. The van der Waals surface area contributed by atoms with Crippen LogP contribution in [0, 0.1) is 5.92 Å². The summed E-state index contributed by atoms with van der Waals surface area (Å²) in [6.45, 7) is 1.42. The molecule has 1 aliphatic rings. The Bertz CT molecular complexity index is 456. The summed E-state index contributed by atoms with van der Waals surface area (Å²) in [5.74, 6) is 0.232. The van der Waals surface area contributed by atoms with E-state index in [1.807, 2.05) is 31.3 Å². The van der Waals surface area contributed by atoms with E-state index in [1.165, 1.54) is 0 Å². The van der Waals surface area contributed by atoms with Gasteiger partial charge in [0.25, 0.3) is 0 Å². The summed E-state index contributed by atoms with van der Waals surface area (Å²) in [4.78, 5) is 22.6. The number of benzene rings is 1. The van der Waals surface area contributed by atoms with Gasteiger partial charge in [0, 0.05) is 13.0 Å². The Hall–Kier alpha value is -1.88. The van der Waals surface area contributed by atoms with Crippen LogP contribution in [0.2, 0.25) is 0 Å². The fourth-order valence-corrected chi connectivity index (χ4v) is 2.05. The van der Waals surface area contributed by atoms with Crippen LogP contribution in [0.5, 0.6) is 5.75 Å². The first-order valence-electron chi connectivity index (χ1n) is 6.39. The van der Waals surface area contributed by atoms with Crippen molar-refractivity contribution in [1.29, 1.82) is 0 Å². The van der Waals surface area contributed by atoms with E-state index in [0.29, 0.717) is 19.4 Å². The fraction of sp³-hybridized carbons (Fsp3) is 0.429. The van der Waals surface area contributed by atoms with Gasteiger partial charge in [0.1, 0.15) is 12.4 Å². The molecule has 1 saturated heterocycles. The molecule has 2 amide bonds. The Labute approximate surface area is 112 Å². The van der Waals surface area contributed by atoms with Gasteiger partial charge in [0.15, 0.2) is 0 Å². The third-order valence-corrected chi connectivity index (χ3v) is 3.09. The second-order valence-corrected chi connectivity index (χ2v) is 4.61. The third-order valence-electron chi connectivity index (χ3n) is 3.09. The molecule has 5 heteroatoms. The number of likely N-dealkylation sites (N-methyl/N-ethyl adjacent to an activating group) is 1. The molecule has 0 aromatic heterocycles. The minimum Gasteiger partial charge on any atom is -0.492 e. The van der Waals surface area contributed by atoms with Gasteiger partial charge in [0.05, 0.1) is 5.92 Å². The molecule has 1 fully saturated rings. The summed E-state index contributed by atoms with van der Waals surface area (Å²) < 4.78 is 5.51. The van der Waals surface area contributed by atoms with Crippen LogP contribution in [-0.4, -0.2) is 32.0 Å². The van der Waals surface area contributed by atoms with Crippen LogP contribution in [0.4, 0.5) is 0 Å². The van der Waals surface area contributed by atoms with E-state index >= 15 is 0 Å². The lowest BCUT2D eigenvalue weighted by molar-refractivity contribution is -0.125. The normalized spacial score (nSPS) is 18.5. The molecule has 1 atom stereocenters. The maximum absolute atomic E-state index is 11.5. The van der Waals surface area contributed by atoms with Gasteiger partial charge in [-0.3, -0.25) is 14.9 Å². The highest BCUT2D eigenvalue weighted by molar-refractivity contribution is 6.03. The molecule has 1 aliphatic heterocycles. The molecule has 102 valence electrons. The molecule has 5 nitrogen and oxygen atoms in total. The molecule has 19 heavy (non-hydrogen) atoms. The van der Waals surface area contributed by atoms with Gasteiger partial charge < -0.3 is 10.1 Å². The number of imide groups is 1. The average Bonchev–Trinajstić information content (AvgIpc) is 2.70. The highest BCUT2D eigenvalue weighted by atomic mass is 16.5. The van der Waals surface area contributed by atoms with Crippen molar-refractivity contribution in [1.82, 2.24) is 10.6 Å². The quantitative estimate of drug-likeness (QED) is 0.578. The Morgan fingerprint density at radius 2 is 2.05 bits per heavy atom. The lowest BCUT2D eigenvalue weighted by Gasteiger charge is -2.08. The first-order valence-corrected chi connectivity index (χ1v) is 6.39. The predicted molar refractivity (Wildman–Crippen MR) is 70.8 cm³/mol. The van der Waals surface area contributed by atoms with Gasteiger partial charge in [0.2, 0.25) is 11.8 Å². The average molecular weight is 262 g/mol. The molecule has 1 unspecified atom stereocenters. The summed E-state index contributed by atoms with van der Waals surface area (Å²) in [7, 11) is 1.88. The summed E-state index contributed by atoms with van der Waals surface area (Å²) in [5.41, 5.74) is 1.04. The Balaban J connectivity index is 1.88. The van der Waals surface area contributed by atoms with Crippen molar-refractivity contribution in [3.63, 3.8) is 0 Å². The van der Waals surface area contributed by atoms with Gasteiger partial charge in [-0.15, -0.1) is 0 Å². The van der Waals surface area contributed by atoms with Gasteiger partial charge >= 0.3 is 0 Å². The molecule has 0 saturated carbocycles. The highest BCUT2D eigenvalue weighted by Crippen LogP contribution is 2.19. The second-order valence-electron chi connectivity index (χ2n) is 4.61. The molecular weight excluding hydrogens is 244 g/mol. The Morgan fingerprint density at radius 1 is 1.32 bits per heavy atom. The van der Waals surface area contributed by atoms with Crippen molar-refractivity contribution >= 4 is 11.8 Å². The molecule has 0 bridgehead atoms. The van der Waals surface area contributed by atoms with E-state index in [2.05, 4.69) is 10.6 Å². The number of carbonyl (C=O) groups excluding carboxylic acids is 2. The summed E-state index contributed by atoms with van der Waals surface area (Å²) in [6, 6.07) is 7.65. The molecule has 2 rings (SSSR count). The number of ether oxygens (including phenoxy) is 1. The smallest absolute Gasteiger partial charge is 0.230 e. The number of nitrogens with one attached hydrogen (secondary N) is 2. The van der Waals surface area contributed by atoms with Crippen LogP contribution in [0.25, 0.3) is 0 Å². The zero-order valence-corrected chi connectivity index (χ0v) is 10.9. The number of rotatable bonds is 6. The first-order chi connectivity index (χ1) is 9.19. The molecule has 2 N–H and O–H groups in total. The number of carbonyl (C=O) groups is 2. The second kappa shape index (κ2) is 6.33. The van der Waals surface area contributed by atoms with Crippen molar-refractivity contribution in [2.45, 2.75) is 12.8 Å². The Morgan fingerprint density at radius 3 is 2.63 bits per heavy atom. The molecule has 1 aromatic carbocycles. The SMILES string of the molecule is CNCCOc1ccc(CC2CC(=O)NC2=O)cc1. The first kappa shape index (κ1) is 13.5. The minimum absolute atomic E-state index is 0.167. The highest BCUT2D eigenvalue weighted by Gasteiger charge is 2.30. The van der Waals surface area contributed by atoms with Crippen LogP contribution in [0.1, 0.15) is 12.0 Å². The number of hydrogen-bond acceptors (Lipinski definition) is 4. The predicted octanol–water partition coefficient (Wildman–Crippen LogP) is 0.490. The molecule has 1 aromatic rings. The van der Waals surface area contributed by atoms with Crippen molar-refractivity contribution in [2.75, 3.05) is 20.2 Å². The summed E-state index contributed by atoms with van der Waals surface area (Å²) in [5, 5.41) is 5.33. The monoisotopic (exact) mass is 262 g/mol. The topological polar surface area (TPSA) is 67.4 Å². The van der Waals surface area contributed by atoms with Gasteiger partial charge in [-0.05, 0) is 31.2 Å². The van der Waals surface area contributed by atoms with E-state index in [4.69, 9.17) is 4.74 Å². The maximum atomic E-state index is 11.5. The zero-order valence-electron chi connectivity index (χ0n) is 10.9. The van der Waals surface area contributed by atoms with E-state index in [1.54, 1.807) is 0 Å². The minimum atomic E-state index is -0.233. The fourth-order valence-electron chi connectivity index (χ4n) is 2.05. The molecule has 0 spiro atoms. The van der Waals surface area contributed by atoms with Gasteiger partial charge in [-0.1, -0.05) is 12.1 Å². The van der Waals surface area contributed by atoms with E-state index in [0.717, 1.165) is 17.9 Å². The van der Waals surface area contributed by atoms with Gasteiger partial charge in [-0.2, -0.15) is 0 Å². The lowest BCUT2D eigenvalue weighted by Crippen LogP contribution is -2.22. The van der Waals surface area contributed by atoms with E-state index in [-0.39, 0.29) is 17.7 Å². The molecular formula is C14H18N2O3. The molecule has 1 heterocycles. The number of amides is 2. The maximum Gasteiger partial charge on any atom is 0.230 e. The standard InChI is InChI=1S/C14H18N2O3/c1-15-6-7-19-12-4-2-10(3-5-12)8-11-9-13(17)16-14(11)18/h2-5,11,15H,6-9H2,1H3,(H,16,17,18). The van der Waals surface area contributed by atoms with Crippen LogP contribution in [-0.2, 0) is 16.0 Å². The lowest BCUT2D eigenvalue weighted by atomic mass is 9.98. The van der Waals surface area contributed by atoms with Crippen LogP contribution < -0.4 is 15.4 Å². The van der Waals surface area contributed by atoms with Gasteiger partial charge in [-0.25, -0.2) is 0 Å². The Kier molecular flexibility index (Phi) is 4.52. The van der Waals surface area contributed by atoms with E-state index < -0.39 is 0 Å². The van der Waals surface area contributed by atoms with Crippen molar-refractivity contribution in [3.05, 3.63) is 29.8 Å².